The number of anilines is 1. The molecular weight excluding hydrogens is 236 g/mol. The van der Waals surface area contributed by atoms with E-state index in [-0.39, 0.29) is 0 Å². The van der Waals surface area contributed by atoms with Gasteiger partial charge in [-0.15, -0.1) is 0 Å². The summed E-state index contributed by atoms with van der Waals surface area (Å²) in [5, 5.41) is 8.93. The molecule has 4 rings (SSSR count). The molecule has 4 heteroatoms. The summed E-state index contributed by atoms with van der Waals surface area (Å²) in [4.78, 5) is 10.8. The highest BCUT2D eigenvalue weighted by Gasteiger charge is 2.57. The number of hydrogen-bond donors (Lipinski definition) is 0. The molecule has 0 aromatic carbocycles. The summed E-state index contributed by atoms with van der Waals surface area (Å²) in [6.45, 7) is 4.49. The molecule has 0 radical (unpaired) electrons. The molecule has 2 aliphatic carbocycles. The maximum Gasteiger partial charge on any atom is 0.161 e. The Morgan fingerprint density at radius 2 is 2.32 bits per heavy atom. The zero-order valence-corrected chi connectivity index (χ0v) is 11.0. The molecule has 2 bridgehead atoms. The second-order valence-electron chi connectivity index (χ2n) is 6.26. The monoisotopic (exact) mass is 252 g/mol. The average molecular weight is 252 g/mol. The molecule has 1 saturated carbocycles. The lowest BCUT2D eigenvalue weighted by molar-refractivity contribution is 0.233. The van der Waals surface area contributed by atoms with Crippen molar-refractivity contribution < 1.29 is 0 Å². The molecule has 2 fully saturated rings. The van der Waals surface area contributed by atoms with E-state index in [2.05, 4.69) is 40.0 Å². The van der Waals surface area contributed by atoms with Crippen molar-refractivity contribution in [2.24, 2.45) is 23.2 Å². The molecular formula is C15H16N4. The molecule has 1 saturated heterocycles. The Hall–Kier alpha value is -1.89. The number of aromatic nitrogens is 2. The third kappa shape index (κ3) is 1.39. The van der Waals surface area contributed by atoms with Gasteiger partial charge >= 0.3 is 0 Å². The lowest BCUT2D eigenvalue weighted by atomic mass is 9.72. The van der Waals surface area contributed by atoms with E-state index in [0.29, 0.717) is 11.1 Å². The van der Waals surface area contributed by atoms with Gasteiger partial charge in [-0.3, -0.25) is 4.98 Å². The van der Waals surface area contributed by atoms with Gasteiger partial charge in [-0.05, 0) is 29.6 Å². The molecule has 1 aliphatic heterocycles. The molecule has 0 unspecified atom stereocenters. The third-order valence-corrected chi connectivity index (χ3v) is 5.34. The lowest BCUT2D eigenvalue weighted by Crippen LogP contribution is -2.31. The number of nitriles is 1. The lowest BCUT2D eigenvalue weighted by Gasteiger charge is -2.31. The summed E-state index contributed by atoms with van der Waals surface area (Å²) in [6, 6.07) is 2.07. The smallest absolute Gasteiger partial charge is 0.161 e. The van der Waals surface area contributed by atoms with Gasteiger partial charge in [-0.25, -0.2) is 4.98 Å². The van der Waals surface area contributed by atoms with Crippen LogP contribution in [-0.2, 0) is 0 Å². The summed E-state index contributed by atoms with van der Waals surface area (Å²) in [7, 11) is 0. The van der Waals surface area contributed by atoms with E-state index in [0.717, 1.165) is 36.7 Å². The highest BCUT2D eigenvalue weighted by Crippen LogP contribution is 2.59. The van der Waals surface area contributed by atoms with Gasteiger partial charge in [-0.1, -0.05) is 19.1 Å². The van der Waals surface area contributed by atoms with E-state index in [1.807, 2.05) is 0 Å². The molecule has 4 atom stereocenters. The van der Waals surface area contributed by atoms with E-state index in [9.17, 15) is 0 Å². The van der Waals surface area contributed by atoms with Crippen molar-refractivity contribution in [2.45, 2.75) is 13.3 Å². The summed E-state index contributed by atoms with van der Waals surface area (Å²) < 4.78 is 0. The van der Waals surface area contributed by atoms with Gasteiger partial charge in [0.2, 0.25) is 0 Å². The first-order chi connectivity index (χ1) is 9.20. The fourth-order valence-electron chi connectivity index (χ4n) is 4.31. The highest BCUT2D eigenvalue weighted by atomic mass is 15.2. The van der Waals surface area contributed by atoms with Crippen LogP contribution in [0.3, 0.4) is 0 Å². The number of hydrogen-bond acceptors (Lipinski definition) is 4. The molecule has 4 nitrogen and oxygen atoms in total. The van der Waals surface area contributed by atoms with Crippen molar-refractivity contribution in [2.75, 3.05) is 18.0 Å². The molecule has 1 aromatic rings. The summed E-state index contributed by atoms with van der Waals surface area (Å²) >= 11 is 0. The first kappa shape index (κ1) is 11.0. The predicted molar refractivity (Wildman–Crippen MR) is 71.3 cm³/mol. The Bertz CT molecular complexity index is 602. The van der Waals surface area contributed by atoms with Crippen molar-refractivity contribution in [1.29, 1.82) is 5.26 Å². The molecule has 0 spiro atoms. The van der Waals surface area contributed by atoms with Gasteiger partial charge in [0.25, 0.3) is 0 Å². The van der Waals surface area contributed by atoms with Gasteiger partial charge in [0.05, 0.1) is 12.4 Å². The van der Waals surface area contributed by atoms with Crippen LogP contribution in [0.4, 0.5) is 5.82 Å². The fraction of sp³-hybridized carbons (Fsp3) is 0.533. The highest BCUT2D eigenvalue weighted by molar-refractivity contribution is 5.43. The van der Waals surface area contributed by atoms with E-state index >= 15 is 0 Å². The quantitative estimate of drug-likeness (QED) is 0.717. The Morgan fingerprint density at radius 3 is 3.11 bits per heavy atom. The SMILES string of the molecule is C[C@@]12CN(c3cncc(C#N)n3)C[C@@H]1[C@@H]1C=C[C@H]2C1. The van der Waals surface area contributed by atoms with Gasteiger partial charge in [-0.2, -0.15) is 5.26 Å². The Labute approximate surface area is 112 Å². The normalized spacial score (nSPS) is 38.5. The molecule has 96 valence electrons. The van der Waals surface area contributed by atoms with Crippen molar-refractivity contribution >= 4 is 5.82 Å². The van der Waals surface area contributed by atoms with E-state index < -0.39 is 0 Å². The summed E-state index contributed by atoms with van der Waals surface area (Å²) in [5.74, 6) is 3.05. The van der Waals surface area contributed by atoms with Crippen LogP contribution in [-0.4, -0.2) is 23.1 Å². The second-order valence-corrected chi connectivity index (χ2v) is 6.26. The van der Waals surface area contributed by atoms with E-state index in [1.165, 1.54) is 12.6 Å². The predicted octanol–water partition coefficient (Wildman–Crippen LogP) is 2.00. The number of nitrogens with zero attached hydrogens (tertiary/aromatic N) is 4. The topological polar surface area (TPSA) is 52.8 Å². The minimum atomic E-state index is 0.379. The largest absolute Gasteiger partial charge is 0.354 e. The van der Waals surface area contributed by atoms with Gasteiger partial charge in [0, 0.05) is 13.1 Å². The van der Waals surface area contributed by atoms with Crippen LogP contribution >= 0.6 is 0 Å². The maximum atomic E-state index is 8.93. The van der Waals surface area contributed by atoms with Crippen LogP contribution < -0.4 is 4.90 Å². The molecule has 3 aliphatic rings. The number of rotatable bonds is 1. The Morgan fingerprint density at radius 1 is 1.42 bits per heavy atom. The summed E-state index contributed by atoms with van der Waals surface area (Å²) in [6.07, 6.45) is 9.44. The zero-order chi connectivity index (χ0) is 13.0. The Balaban J connectivity index is 1.65. The van der Waals surface area contributed by atoms with Crippen LogP contribution in [0.2, 0.25) is 0 Å². The maximum absolute atomic E-state index is 8.93. The first-order valence-electron chi connectivity index (χ1n) is 6.86. The van der Waals surface area contributed by atoms with E-state index in [4.69, 9.17) is 5.26 Å². The van der Waals surface area contributed by atoms with E-state index in [1.54, 1.807) is 6.20 Å². The molecule has 0 amide bonds. The molecule has 0 N–H and O–H groups in total. The summed E-state index contributed by atoms with van der Waals surface area (Å²) in [5.41, 5.74) is 0.782. The third-order valence-electron chi connectivity index (χ3n) is 5.34. The number of fused-ring (bicyclic) bond motifs is 5. The second kappa shape index (κ2) is 3.57. The molecule has 2 heterocycles. The fourth-order valence-corrected chi connectivity index (χ4v) is 4.31. The van der Waals surface area contributed by atoms with Gasteiger partial charge < -0.3 is 4.90 Å². The minimum Gasteiger partial charge on any atom is -0.354 e. The van der Waals surface area contributed by atoms with Crippen LogP contribution in [0.25, 0.3) is 0 Å². The average Bonchev–Trinajstić information content (AvgIpc) is 3.09. The van der Waals surface area contributed by atoms with Gasteiger partial charge in [0.15, 0.2) is 5.69 Å². The van der Waals surface area contributed by atoms with Crippen LogP contribution in [0.1, 0.15) is 19.0 Å². The van der Waals surface area contributed by atoms with Crippen LogP contribution in [0, 0.1) is 34.5 Å². The van der Waals surface area contributed by atoms with Crippen LogP contribution in [0.15, 0.2) is 24.5 Å². The standard InChI is InChI=1S/C15H16N4/c1-15-9-19(14-7-17-6-12(5-16)18-14)8-13(15)10-2-3-11(15)4-10/h2-3,6-7,10-11,13H,4,8-9H2,1H3/t10-,11+,13-,15+/m1/s1. The first-order valence-corrected chi connectivity index (χ1v) is 6.86. The zero-order valence-electron chi connectivity index (χ0n) is 11.0. The van der Waals surface area contributed by atoms with Crippen molar-refractivity contribution in [3.63, 3.8) is 0 Å². The Kier molecular flexibility index (Phi) is 2.06. The van der Waals surface area contributed by atoms with Crippen LogP contribution in [0.5, 0.6) is 0 Å². The molecule has 19 heavy (non-hydrogen) atoms. The van der Waals surface area contributed by atoms with Crippen molar-refractivity contribution in [1.82, 2.24) is 9.97 Å². The molecule has 1 aromatic heterocycles. The number of allylic oxidation sites excluding steroid dienone is 2. The minimum absolute atomic E-state index is 0.379. The van der Waals surface area contributed by atoms with Gasteiger partial charge in [0.1, 0.15) is 11.9 Å². The van der Waals surface area contributed by atoms with Crippen molar-refractivity contribution in [3.8, 4) is 6.07 Å². The van der Waals surface area contributed by atoms with Crippen molar-refractivity contribution in [3.05, 3.63) is 30.2 Å².